The van der Waals surface area contributed by atoms with Gasteiger partial charge in [-0.1, -0.05) is 11.6 Å². The Balaban J connectivity index is 2.60. The van der Waals surface area contributed by atoms with Gasteiger partial charge < -0.3 is 15.0 Å². The molecule has 0 aliphatic rings. The van der Waals surface area contributed by atoms with Crippen LogP contribution in [-0.4, -0.2) is 43.5 Å². The molecule has 1 N–H and O–H groups in total. The number of hydrogen-bond acceptors (Lipinski definition) is 3. The molecule has 0 radical (unpaired) electrons. The first-order valence-corrected chi connectivity index (χ1v) is 6.31. The summed E-state index contributed by atoms with van der Waals surface area (Å²) in [5.74, 6) is -1.18. The Labute approximate surface area is 121 Å². The van der Waals surface area contributed by atoms with E-state index in [4.69, 9.17) is 16.3 Å². The summed E-state index contributed by atoms with van der Waals surface area (Å²) in [7, 11) is 1.51. The number of anilines is 1. The van der Waals surface area contributed by atoms with Gasteiger partial charge >= 0.3 is 0 Å². The van der Waals surface area contributed by atoms with E-state index >= 15 is 0 Å². The molecule has 0 spiro atoms. The minimum Gasteiger partial charge on any atom is -0.383 e. The molecule has 0 aliphatic heterocycles. The van der Waals surface area contributed by atoms with Gasteiger partial charge in [0.1, 0.15) is 5.82 Å². The largest absolute Gasteiger partial charge is 0.383 e. The van der Waals surface area contributed by atoms with Crippen LogP contribution in [-0.2, 0) is 14.3 Å². The van der Waals surface area contributed by atoms with Crippen molar-refractivity contribution in [2.24, 2.45) is 0 Å². The molecule has 0 fully saturated rings. The van der Waals surface area contributed by atoms with Crippen LogP contribution in [0.4, 0.5) is 10.1 Å². The highest BCUT2D eigenvalue weighted by Gasteiger charge is 2.13. The van der Waals surface area contributed by atoms with Gasteiger partial charge in [0.25, 0.3) is 0 Å². The molecular weight excluding hydrogens is 287 g/mol. The smallest absolute Gasteiger partial charge is 0.243 e. The number of carbonyl (C=O) groups is 2. The third-order valence-corrected chi connectivity index (χ3v) is 2.84. The van der Waals surface area contributed by atoms with E-state index in [1.807, 2.05) is 0 Å². The Kier molecular flexibility index (Phi) is 6.41. The van der Waals surface area contributed by atoms with Gasteiger partial charge in [0.2, 0.25) is 11.8 Å². The minimum atomic E-state index is -0.560. The number of halogens is 2. The number of methoxy groups -OCH3 is 1. The second kappa shape index (κ2) is 7.81. The molecule has 0 aliphatic carbocycles. The van der Waals surface area contributed by atoms with Crippen molar-refractivity contribution >= 4 is 29.1 Å². The van der Waals surface area contributed by atoms with Crippen molar-refractivity contribution in [1.29, 1.82) is 0 Å². The molecule has 7 heteroatoms. The van der Waals surface area contributed by atoms with E-state index in [9.17, 15) is 14.0 Å². The van der Waals surface area contributed by atoms with Gasteiger partial charge in [-0.15, -0.1) is 0 Å². The number of ether oxygens (including phenoxy) is 1. The summed E-state index contributed by atoms with van der Waals surface area (Å²) >= 11 is 5.61. The monoisotopic (exact) mass is 302 g/mol. The van der Waals surface area contributed by atoms with Crippen LogP contribution >= 0.6 is 11.6 Å². The molecule has 5 nitrogen and oxygen atoms in total. The van der Waals surface area contributed by atoms with E-state index in [1.165, 1.54) is 31.1 Å². The number of nitrogens with one attached hydrogen (secondary N) is 1. The minimum absolute atomic E-state index is 0.0781. The summed E-state index contributed by atoms with van der Waals surface area (Å²) in [6.07, 6.45) is 0. The molecule has 0 atom stereocenters. The van der Waals surface area contributed by atoms with E-state index < -0.39 is 5.82 Å². The molecule has 1 aromatic rings. The standard InChI is InChI=1S/C13H16ClFN2O3/c1-9(18)17(5-6-20-2)8-13(19)16-10-3-4-12(15)11(14)7-10/h3-4,7H,5-6,8H2,1-2H3,(H,16,19). The van der Waals surface area contributed by atoms with Crippen LogP contribution in [0.2, 0.25) is 5.02 Å². The summed E-state index contributed by atoms with van der Waals surface area (Å²) in [6, 6.07) is 3.86. The lowest BCUT2D eigenvalue weighted by molar-refractivity contribution is -0.133. The maximum absolute atomic E-state index is 13.0. The average Bonchev–Trinajstić information content (AvgIpc) is 2.38. The van der Waals surface area contributed by atoms with Gasteiger partial charge in [0.05, 0.1) is 18.2 Å². The predicted octanol–water partition coefficient (Wildman–Crippen LogP) is 1.91. The normalized spacial score (nSPS) is 10.2. The molecule has 0 saturated carbocycles. The lowest BCUT2D eigenvalue weighted by Crippen LogP contribution is -2.38. The number of carbonyl (C=O) groups excluding carboxylic acids is 2. The Morgan fingerprint density at radius 1 is 1.45 bits per heavy atom. The van der Waals surface area contributed by atoms with Crippen LogP contribution in [0.15, 0.2) is 18.2 Å². The Hall–Kier alpha value is -1.66. The third kappa shape index (κ3) is 5.14. The van der Waals surface area contributed by atoms with Gasteiger partial charge in [-0.05, 0) is 18.2 Å². The fraction of sp³-hybridized carbons (Fsp3) is 0.385. The van der Waals surface area contributed by atoms with Crippen molar-refractivity contribution in [3.8, 4) is 0 Å². The molecule has 0 bridgehead atoms. The fourth-order valence-corrected chi connectivity index (χ4v) is 1.68. The summed E-state index contributed by atoms with van der Waals surface area (Å²) in [5.41, 5.74) is 0.372. The average molecular weight is 303 g/mol. The van der Waals surface area contributed by atoms with E-state index in [0.29, 0.717) is 18.8 Å². The zero-order valence-corrected chi connectivity index (χ0v) is 12.0. The van der Waals surface area contributed by atoms with E-state index in [-0.39, 0.29) is 23.4 Å². The highest BCUT2D eigenvalue weighted by atomic mass is 35.5. The van der Waals surface area contributed by atoms with Crippen LogP contribution in [0.25, 0.3) is 0 Å². The second-order valence-corrected chi connectivity index (χ2v) is 4.52. The lowest BCUT2D eigenvalue weighted by Gasteiger charge is -2.20. The van der Waals surface area contributed by atoms with Crippen molar-refractivity contribution in [1.82, 2.24) is 4.90 Å². The Bertz CT molecular complexity index is 497. The molecular formula is C13H16ClFN2O3. The van der Waals surface area contributed by atoms with Crippen LogP contribution in [0.1, 0.15) is 6.92 Å². The van der Waals surface area contributed by atoms with Crippen molar-refractivity contribution in [2.75, 3.05) is 32.1 Å². The molecule has 0 heterocycles. The van der Waals surface area contributed by atoms with Gasteiger partial charge in [-0.25, -0.2) is 4.39 Å². The van der Waals surface area contributed by atoms with Gasteiger partial charge in [0, 0.05) is 26.3 Å². The van der Waals surface area contributed by atoms with Crippen molar-refractivity contribution < 1.29 is 18.7 Å². The van der Waals surface area contributed by atoms with Crippen LogP contribution in [0.5, 0.6) is 0 Å². The molecule has 1 rings (SSSR count). The van der Waals surface area contributed by atoms with Crippen molar-refractivity contribution in [2.45, 2.75) is 6.92 Å². The summed E-state index contributed by atoms with van der Waals surface area (Å²) < 4.78 is 17.8. The summed E-state index contributed by atoms with van der Waals surface area (Å²) in [5, 5.41) is 2.47. The lowest BCUT2D eigenvalue weighted by atomic mass is 10.3. The van der Waals surface area contributed by atoms with Gasteiger partial charge in [-0.2, -0.15) is 0 Å². The maximum atomic E-state index is 13.0. The maximum Gasteiger partial charge on any atom is 0.243 e. The van der Waals surface area contributed by atoms with E-state index in [0.717, 1.165) is 6.07 Å². The Morgan fingerprint density at radius 3 is 2.70 bits per heavy atom. The number of hydrogen-bond donors (Lipinski definition) is 1. The summed E-state index contributed by atoms with van der Waals surface area (Å²) in [6.45, 7) is 1.93. The zero-order valence-electron chi connectivity index (χ0n) is 11.3. The molecule has 110 valence electrons. The zero-order chi connectivity index (χ0) is 15.1. The van der Waals surface area contributed by atoms with E-state index in [1.54, 1.807) is 0 Å². The molecule has 1 aromatic carbocycles. The quantitative estimate of drug-likeness (QED) is 0.873. The number of benzene rings is 1. The SMILES string of the molecule is COCCN(CC(=O)Nc1ccc(F)c(Cl)c1)C(C)=O. The van der Waals surface area contributed by atoms with Crippen LogP contribution in [0, 0.1) is 5.82 Å². The third-order valence-electron chi connectivity index (χ3n) is 2.55. The number of amides is 2. The number of nitrogens with zero attached hydrogens (tertiary/aromatic N) is 1. The second-order valence-electron chi connectivity index (χ2n) is 4.11. The first-order chi connectivity index (χ1) is 9.43. The Morgan fingerprint density at radius 2 is 2.15 bits per heavy atom. The molecule has 20 heavy (non-hydrogen) atoms. The van der Waals surface area contributed by atoms with Crippen LogP contribution in [0.3, 0.4) is 0 Å². The van der Waals surface area contributed by atoms with Crippen molar-refractivity contribution in [3.63, 3.8) is 0 Å². The summed E-state index contributed by atoms with van der Waals surface area (Å²) in [4.78, 5) is 24.5. The topological polar surface area (TPSA) is 58.6 Å². The van der Waals surface area contributed by atoms with Gasteiger partial charge in [0.15, 0.2) is 0 Å². The highest BCUT2D eigenvalue weighted by Crippen LogP contribution is 2.19. The molecule has 0 aromatic heterocycles. The predicted molar refractivity (Wildman–Crippen MR) is 74.2 cm³/mol. The number of rotatable bonds is 6. The van der Waals surface area contributed by atoms with Crippen LogP contribution < -0.4 is 5.32 Å². The van der Waals surface area contributed by atoms with E-state index in [2.05, 4.69) is 5.32 Å². The van der Waals surface area contributed by atoms with Gasteiger partial charge in [-0.3, -0.25) is 9.59 Å². The highest BCUT2D eigenvalue weighted by molar-refractivity contribution is 6.31. The first kappa shape index (κ1) is 16.4. The molecule has 2 amide bonds. The first-order valence-electron chi connectivity index (χ1n) is 5.93. The van der Waals surface area contributed by atoms with Crippen molar-refractivity contribution in [3.05, 3.63) is 29.0 Å². The molecule has 0 saturated heterocycles. The fourth-order valence-electron chi connectivity index (χ4n) is 1.50. The molecule has 0 unspecified atom stereocenters.